The van der Waals surface area contributed by atoms with E-state index in [9.17, 15) is 9.59 Å². The number of nitrogens with one attached hydrogen (secondary N) is 2. The van der Waals surface area contributed by atoms with Crippen molar-refractivity contribution < 1.29 is 9.59 Å². The molecule has 0 saturated heterocycles. The number of hydrogen-bond donors (Lipinski definition) is 2. The number of hydrogen-bond acceptors (Lipinski definition) is 3. The zero-order chi connectivity index (χ0) is 18.4. The van der Waals surface area contributed by atoms with Gasteiger partial charge in [-0.05, 0) is 56.0 Å². The first-order valence-corrected chi connectivity index (χ1v) is 9.53. The highest BCUT2D eigenvalue weighted by molar-refractivity contribution is 7.14. The van der Waals surface area contributed by atoms with Gasteiger partial charge in [-0.2, -0.15) is 0 Å². The fourth-order valence-corrected chi connectivity index (χ4v) is 3.51. The molecule has 2 rings (SSSR count). The zero-order valence-corrected chi connectivity index (χ0v) is 16.1. The first-order chi connectivity index (χ1) is 11.9. The molecule has 0 aliphatic carbocycles. The number of carbonyl (C=O) groups excluding carboxylic acids is 2. The maximum atomic E-state index is 12.3. The smallest absolute Gasteiger partial charge is 0.261 e. The Hall–Kier alpha value is -2.14. The summed E-state index contributed by atoms with van der Waals surface area (Å²) in [7, 11) is 0. The number of thiophene rings is 1. The molecule has 0 aliphatic rings. The van der Waals surface area contributed by atoms with Crippen molar-refractivity contribution in [2.24, 2.45) is 0 Å². The summed E-state index contributed by atoms with van der Waals surface area (Å²) in [5.74, 6) is -0.147. The third kappa shape index (κ3) is 5.16. The van der Waals surface area contributed by atoms with E-state index >= 15 is 0 Å². The fourth-order valence-electron chi connectivity index (χ4n) is 2.48. The van der Waals surface area contributed by atoms with Crippen molar-refractivity contribution in [1.82, 2.24) is 10.6 Å². The van der Waals surface area contributed by atoms with E-state index in [1.807, 2.05) is 45.0 Å². The van der Waals surface area contributed by atoms with Gasteiger partial charge in [0.25, 0.3) is 11.8 Å². The van der Waals surface area contributed by atoms with Crippen LogP contribution in [0.25, 0.3) is 0 Å². The summed E-state index contributed by atoms with van der Waals surface area (Å²) in [6, 6.07) is 9.49. The normalized spacial score (nSPS) is 11.8. The van der Waals surface area contributed by atoms with Gasteiger partial charge in [-0.15, -0.1) is 11.3 Å². The topological polar surface area (TPSA) is 58.2 Å². The largest absolute Gasteiger partial charge is 0.350 e. The van der Waals surface area contributed by atoms with Gasteiger partial charge in [0.1, 0.15) is 0 Å². The Labute approximate surface area is 153 Å². The van der Waals surface area contributed by atoms with E-state index in [1.165, 1.54) is 21.8 Å². The highest BCUT2D eigenvalue weighted by atomic mass is 32.1. The van der Waals surface area contributed by atoms with Crippen molar-refractivity contribution in [2.75, 3.05) is 0 Å². The van der Waals surface area contributed by atoms with Gasteiger partial charge in [0.05, 0.1) is 4.88 Å². The number of aryl methyl sites for hydroxylation is 2. The standard InChI is InChI=1S/C20H26N2O2S/c1-5-13(3)22-19(23)17-9-7-8-15(10-17)12-21-20(24)18-11-16(6-2)14(4)25-18/h7-11,13H,5-6,12H2,1-4H3,(H,21,24)(H,22,23). The second kappa shape index (κ2) is 8.81. The van der Waals surface area contributed by atoms with Gasteiger partial charge in [-0.25, -0.2) is 0 Å². The Morgan fingerprint density at radius 2 is 1.92 bits per heavy atom. The van der Waals surface area contributed by atoms with Crippen LogP contribution in [0.5, 0.6) is 0 Å². The van der Waals surface area contributed by atoms with Crippen molar-refractivity contribution >= 4 is 23.2 Å². The van der Waals surface area contributed by atoms with Gasteiger partial charge in [-0.1, -0.05) is 26.0 Å². The molecule has 0 fully saturated rings. The van der Waals surface area contributed by atoms with Crippen LogP contribution in [0.1, 0.15) is 63.2 Å². The highest BCUT2D eigenvalue weighted by Crippen LogP contribution is 2.22. The van der Waals surface area contributed by atoms with Crippen LogP contribution < -0.4 is 10.6 Å². The fraction of sp³-hybridized carbons (Fsp3) is 0.400. The van der Waals surface area contributed by atoms with E-state index in [0.717, 1.165) is 23.3 Å². The quantitative estimate of drug-likeness (QED) is 0.783. The van der Waals surface area contributed by atoms with E-state index in [-0.39, 0.29) is 17.9 Å². The van der Waals surface area contributed by atoms with Crippen LogP contribution in [-0.2, 0) is 13.0 Å². The van der Waals surface area contributed by atoms with Crippen LogP contribution in [0.4, 0.5) is 0 Å². The molecule has 1 heterocycles. The summed E-state index contributed by atoms with van der Waals surface area (Å²) in [5, 5.41) is 5.89. The van der Waals surface area contributed by atoms with E-state index in [1.54, 1.807) is 6.07 Å². The van der Waals surface area contributed by atoms with Crippen molar-refractivity contribution in [1.29, 1.82) is 0 Å². The lowest BCUT2D eigenvalue weighted by molar-refractivity contribution is 0.0937. The molecule has 5 heteroatoms. The van der Waals surface area contributed by atoms with Gasteiger partial charge >= 0.3 is 0 Å². The second-order valence-corrected chi connectivity index (χ2v) is 7.47. The molecule has 2 aromatic rings. The molecule has 1 atom stereocenters. The number of benzene rings is 1. The second-order valence-electron chi connectivity index (χ2n) is 6.21. The van der Waals surface area contributed by atoms with E-state index in [0.29, 0.717) is 12.1 Å². The van der Waals surface area contributed by atoms with Crippen molar-refractivity contribution in [3.63, 3.8) is 0 Å². The molecule has 0 aliphatic heterocycles. The first kappa shape index (κ1) is 19.2. The molecule has 25 heavy (non-hydrogen) atoms. The first-order valence-electron chi connectivity index (χ1n) is 8.71. The maximum absolute atomic E-state index is 12.3. The van der Waals surface area contributed by atoms with Crippen LogP contribution in [0, 0.1) is 6.92 Å². The molecular weight excluding hydrogens is 332 g/mol. The van der Waals surface area contributed by atoms with Crippen molar-refractivity contribution in [2.45, 2.75) is 53.1 Å². The van der Waals surface area contributed by atoms with Crippen LogP contribution in [0.15, 0.2) is 30.3 Å². The third-order valence-corrected chi connectivity index (χ3v) is 5.35. The predicted molar refractivity (Wildman–Crippen MR) is 103 cm³/mol. The van der Waals surface area contributed by atoms with Gasteiger partial charge in [0.2, 0.25) is 0 Å². The Balaban J connectivity index is 1.99. The minimum absolute atomic E-state index is 0.0674. The Bertz CT molecular complexity index is 752. The molecule has 0 bridgehead atoms. The molecule has 1 aromatic carbocycles. The highest BCUT2D eigenvalue weighted by Gasteiger charge is 2.12. The Morgan fingerprint density at radius 1 is 1.16 bits per heavy atom. The molecule has 2 amide bonds. The molecule has 4 nitrogen and oxygen atoms in total. The van der Waals surface area contributed by atoms with Crippen LogP contribution >= 0.6 is 11.3 Å². The molecule has 1 aromatic heterocycles. The number of amides is 2. The zero-order valence-electron chi connectivity index (χ0n) is 15.3. The summed E-state index contributed by atoms with van der Waals surface area (Å²) in [5.41, 5.74) is 2.75. The van der Waals surface area contributed by atoms with Gasteiger partial charge in [-0.3, -0.25) is 9.59 Å². The SMILES string of the molecule is CCc1cc(C(=O)NCc2cccc(C(=O)NC(C)CC)c2)sc1C. The summed E-state index contributed by atoms with van der Waals surface area (Å²) in [6.07, 6.45) is 1.82. The molecule has 134 valence electrons. The molecule has 0 radical (unpaired) electrons. The summed E-state index contributed by atoms with van der Waals surface area (Å²) < 4.78 is 0. The number of rotatable bonds is 7. The van der Waals surface area contributed by atoms with Crippen LogP contribution in [0.3, 0.4) is 0 Å². The van der Waals surface area contributed by atoms with Crippen LogP contribution in [0.2, 0.25) is 0 Å². The molecule has 1 unspecified atom stereocenters. The van der Waals surface area contributed by atoms with Crippen molar-refractivity contribution in [3.05, 3.63) is 56.8 Å². The van der Waals surface area contributed by atoms with E-state index < -0.39 is 0 Å². The van der Waals surface area contributed by atoms with Gasteiger partial charge in [0, 0.05) is 23.0 Å². The minimum atomic E-state index is -0.0796. The molecular formula is C20H26N2O2S. The Kier molecular flexibility index (Phi) is 6.76. The molecule has 0 spiro atoms. The van der Waals surface area contributed by atoms with Crippen molar-refractivity contribution in [3.8, 4) is 0 Å². The summed E-state index contributed by atoms with van der Waals surface area (Å²) in [6.45, 7) is 8.55. The molecule has 0 saturated carbocycles. The Morgan fingerprint density at radius 3 is 2.56 bits per heavy atom. The predicted octanol–water partition coefficient (Wildman–Crippen LogP) is 4.08. The maximum Gasteiger partial charge on any atom is 0.261 e. The third-order valence-electron chi connectivity index (χ3n) is 4.26. The summed E-state index contributed by atoms with van der Waals surface area (Å²) in [4.78, 5) is 26.5. The molecule has 2 N–H and O–H groups in total. The monoisotopic (exact) mass is 358 g/mol. The lowest BCUT2D eigenvalue weighted by atomic mass is 10.1. The van der Waals surface area contributed by atoms with Gasteiger partial charge < -0.3 is 10.6 Å². The average molecular weight is 359 g/mol. The van der Waals surface area contributed by atoms with Gasteiger partial charge in [0.15, 0.2) is 0 Å². The summed E-state index contributed by atoms with van der Waals surface area (Å²) >= 11 is 1.52. The van der Waals surface area contributed by atoms with E-state index in [2.05, 4.69) is 17.6 Å². The lowest BCUT2D eigenvalue weighted by Gasteiger charge is -2.12. The lowest BCUT2D eigenvalue weighted by Crippen LogP contribution is -2.32. The number of carbonyl (C=O) groups is 2. The van der Waals surface area contributed by atoms with E-state index in [4.69, 9.17) is 0 Å². The average Bonchev–Trinajstić information content (AvgIpc) is 3.00. The van der Waals surface area contributed by atoms with Crippen LogP contribution in [-0.4, -0.2) is 17.9 Å². The minimum Gasteiger partial charge on any atom is -0.350 e.